The van der Waals surface area contributed by atoms with Gasteiger partial charge < -0.3 is 29.7 Å². The van der Waals surface area contributed by atoms with Crippen molar-refractivity contribution in [3.8, 4) is 11.5 Å². The monoisotopic (exact) mass is 646 g/mol. The Hall–Kier alpha value is -4.81. The van der Waals surface area contributed by atoms with E-state index in [-0.39, 0.29) is 53.5 Å². The van der Waals surface area contributed by atoms with Crippen LogP contribution in [0.15, 0.2) is 89.8 Å². The number of likely N-dealkylation sites (N-methyl/N-ethyl adjacent to an activating group) is 1. The van der Waals surface area contributed by atoms with Crippen LogP contribution in [0.2, 0.25) is 0 Å². The van der Waals surface area contributed by atoms with Gasteiger partial charge in [0, 0.05) is 24.9 Å². The van der Waals surface area contributed by atoms with E-state index < -0.39 is 28.1 Å². The predicted octanol–water partition coefficient (Wildman–Crippen LogP) is 5.03. The highest BCUT2D eigenvalue weighted by Gasteiger charge is 2.35. The van der Waals surface area contributed by atoms with E-state index in [2.05, 4.69) is 10.0 Å². The van der Waals surface area contributed by atoms with Crippen LogP contribution in [0, 0.1) is 5.92 Å². The molecule has 0 unspecified atom stereocenters. The fourth-order valence-corrected chi connectivity index (χ4v) is 6.46. The number of aliphatic hydroxyl groups excluding tert-OH is 1. The van der Waals surface area contributed by atoms with Crippen molar-refractivity contribution < 1.29 is 32.6 Å². The molecule has 3 N–H and O–H groups in total. The molecule has 0 saturated carbocycles. The summed E-state index contributed by atoms with van der Waals surface area (Å²) in [6.07, 6.45) is -0.657. The number of carbonyl (C=O) groups excluding carboxylic acids is 2. The number of amides is 3. The van der Waals surface area contributed by atoms with Crippen LogP contribution in [-0.4, -0.2) is 81.3 Å². The van der Waals surface area contributed by atoms with Crippen LogP contribution in [0.1, 0.15) is 24.2 Å². The standard InChI is InChI=1S/C34H38N4O7S/c1-22-19-38(23(2)21-39)33(40)28-12-8-14-30(36-46(42,43)26-17-15-25(44-4)16-18-26)32(28)45-31(22)20-37(3)34(41)35-29-13-7-10-24-9-5-6-11-27(24)29/h5-18,22-23,31,36,39H,19-21H2,1-4H3,(H,35,41)/t22-,23-,31+/m0/s1. The number of aliphatic hydroxyl groups is 1. The quantitative estimate of drug-likeness (QED) is 0.232. The highest BCUT2D eigenvalue weighted by Crippen LogP contribution is 2.36. The van der Waals surface area contributed by atoms with Crippen LogP contribution >= 0.6 is 0 Å². The summed E-state index contributed by atoms with van der Waals surface area (Å²) in [5.74, 6) is -0.181. The molecule has 0 fully saturated rings. The Morgan fingerprint density at radius 3 is 2.43 bits per heavy atom. The predicted molar refractivity (Wildman–Crippen MR) is 177 cm³/mol. The number of nitrogens with one attached hydrogen (secondary N) is 2. The number of para-hydroxylation sites is 1. The summed E-state index contributed by atoms with van der Waals surface area (Å²) in [5.41, 5.74) is 0.867. The van der Waals surface area contributed by atoms with Gasteiger partial charge in [-0.15, -0.1) is 0 Å². The topological polar surface area (TPSA) is 138 Å². The molecule has 12 heteroatoms. The molecule has 0 spiro atoms. The zero-order valence-electron chi connectivity index (χ0n) is 26.1. The van der Waals surface area contributed by atoms with Crippen molar-refractivity contribution in [3.05, 3.63) is 90.5 Å². The van der Waals surface area contributed by atoms with Gasteiger partial charge in [0.25, 0.3) is 15.9 Å². The van der Waals surface area contributed by atoms with Crippen LogP contribution in [0.5, 0.6) is 11.5 Å². The zero-order chi connectivity index (χ0) is 33.0. The van der Waals surface area contributed by atoms with Crippen LogP contribution in [0.3, 0.4) is 0 Å². The fraction of sp³-hybridized carbons (Fsp3) is 0.294. The molecule has 0 bridgehead atoms. The number of methoxy groups -OCH3 is 1. The minimum atomic E-state index is -4.09. The molecule has 242 valence electrons. The minimum Gasteiger partial charge on any atom is -0.497 e. The Morgan fingerprint density at radius 2 is 1.72 bits per heavy atom. The van der Waals surface area contributed by atoms with E-state index in [1.807, 2.05) is 49.4 Å². The maximum absolute atomic E-state index is 13.8. The number of fused-ring (bicyclic) bond motifs is 2. The molecule has 1 aliphatic rings. The Kier molecular flexibility index (Phi) is 9.68. The van der Waals surface area contributed by atoms with Gasteiger partial charge in [0.05, 0.1) is 48.1 Å². The first kappa shape index (κ1) is 32.6. The molecule has 46 heavy (non-hydrogen) atoms. The maximum atomic E-state index is 13.8. The number of nitrogens with zero attached hydrogens (tertiary/aromatic N) is 2. The SMILES string of the molecule is COc1ccc(S(=O)(=O)Nc2cccc3c2O[C@H](CN(C)C(=O)Nc2cccc4ccccc24)[C@@H](C)CN([C@@H](C)CO)C3=O)cc1. The molecule has 0 aliphatic carbocycles. The Labute approximate surface area is 268 Å². The van der Waals surface area contributed by atoms with E-state index in [9.17, 15) is 23.1 Å². The van der Waals surface area contributed by atoms with E-state index in [0.29, 0.717) is 11.4 Å². The average Bonchev–Trinajstić information content (AvgIpc) is 3.06. The molecule has 0 saturated heterocycles. The van der Waals surface area contributed by atoms with Crippen molar-refractivity contribution >= 4 is 44.1 Å². The van der Waals surface area contributed by atoms with Crippen molar-refractivity contribution in [2.45, 2.75) is 30.9 Å². The molecule has 1 aliphatic heterocycles. The van der Waals surface area contributed by atoms with Crippen LogP contribution in [0.25, 0.3) is 10.8 Å². The van der Waals surface area contributed by atoms with E-state index in [0.717, 1.165) is 10.8 Å². The van der Waals surface area contributed by atoms with Crippen LogP contribution in [0.4, 0.5) is 16.2 Å². The first-order valence-corrected chi connectivity index (χ1v) is 16.4. The van der Waals surface area contributed by atoms with Gasteiger partial charge >= 0.3 is 6.03 Å². The van der Waals surface area contributed by atoms with Gasteiger partial charge in [0.15, 0.2) is 5.75 Å². The lowest BCUT2D eigenvalue weighted by atomic mass is 9.99. The van der Waals surface area contributed by atoms with Gasteiger partial charge in [-0.05, 0) is 54.8 Å². The van der Waals surface area contributed by atoms with Crippen LogP contribution < -0.4 is 19.5 Å². The number of carbonyl (C=O) groups is 2. The fourth-order valence-electron chi connectivity index (χ4n) is 5.40. The number of sulfonamides is 1. The second-order valence-corrected chi connectivity index (χ2v) is 13.1. The number of urea groups is 1. The summed E-state index contributed by atoms with van der Waals surface area (Å²) in [6, 6.07) is 23.1. The minimum absolute atomic E-state index is 0.00615. The number of anilines is 2. The Bertz CT molecular complexity index is 1830. The summed E-state index contributed by atoms with van der Waals surface area (Å²) < 4.78 is 41.1. The molecule has 11 nitrogen and oxygen atoms in total. The van der Waals surface area contributed by atoms with E-state index in [1.54, 1.807) is 31.0 Å². The molecule has 3 amide bonds. The molecule has 1 heterocycles. The van der Waals surface area contributed by atoms with E-state index in [4.69, 9.17) is 9.47 Å². The summed E-state index contributed by atoms with van der Waals surface area (Å²) >= 11 is 0. The lowest BCUT2D eigenvalue weighted by molar-refractivity contribution is 0.0373. The molecular weight excluding hydrogens is 608 g/mol. The third-order valence-electron chi connectivity index (χ3n) is 8.14. The number of benzene rings is 4. The summed E-state index contributed by atoms with van der Waals surface area (Å²) in [7, 11) is -0.956. The smallest absolute Gasteiger partial charge is 0.321 e. The molecule has 4 aromatic carbocycles. The van der Waals surface area contributed by atoms with Gasteiger partial charge in [0.2, 0.25) is 0 Å². The number of hydrogen-bond donors (Lipinski definition) is 3. The largest absolute Gasteiger partial charge is 0.497 e. The third-order valence-corrected chi connectivity index (χ3v) is 9.52. The second kappa shape index (κ2) is 13.7. The lowest BCUT2D eigenvalue weighted by Crippen LogP contribution is -2.50. The van der Waals surface area contributed by atoms with Gasteiger partial charge in [-0.3, -0.25) is 9.52 Å². The highest BCUT2D eigenvalue weighted by molar-refractivity contribution is 7.92. The summed E-state index contributed by atoms with van der Waals surface area (Å²) in [6.45, 7) is 3.72. The van der Waals surface area contributed by atoms with Crippen molar-refractivity contribution in [3.63, 3.8) is 0 Å². The first-order chi connectivity index (χ1) is 22.0. The highest BCUT2D eigenvalue weighted by atomic mass is 32.2. The molecule has 3 atom stereocenters. The van der Waals surface area contributed by atoms with Crippen LogP contribution in [-0.2, 0) is 10.0 Å². The van der Waals surface area contributed by atoms with Crippen molar-refractivity contribution in [2.75, 3.05) is 43.9 Å². The van der Waals surface area contributed by atoms with Gasteiger partial charge in [-0.1, -0.05) is 49.4 Å². The van der Waals surface area contributed by atoms with Crippen molar-refractivity contribution in [1.29, 1.82) is 0 Å². The molecule has 4 aromatic rings. The molecular formula is C34H38N4O7S. The number of hydrogen-bond acceptors (Lipinski definition) is 7. The Balaban J connectivity index is 1.46. The summed E-state index contributed by atoms with van der Waals surface area (Å²) in [5, 5.41) is 14.9. The molecule has 0 aromatic heterocycles. The van der Waals surface area contributed by atoms with Gasteiger partial charge in [0.1, 0.15) is 11.9 Å². The molecule has 5 rings (SSSR count). The van der Waals surface area contributed by atoms with E-state index >= 15 is 0 Å². The number of rotatable bonds is 9. The second-order valence-electron chi connectivity index (χ2n) is 11.4. The average molecular weight is 647 g/mol. The van der Waals surface area contributed by atoms with E-state index in [1.165, 1.54) is 42.3 Å². The summed E-state index contributed by atoms with van der Waals surface area (Å²) in [4.78, 5) is 30.3. The van der Waals surface area contributed by atoms with Crippen molar-refractivity contribution in [1.82, 2.24) is 9.80 Å². The lowest BCUT2D eigenvalue weighted by Gasteiger charge is -2.38. The van der Waals surface area contributed by atoms with Gasteiger partial charge in [-0.2, -0.15) is 0 Å². The molecule has 0 radical (unpaired) electrons. The zero-order valence-corrected chi connectivity index (χ0v) is 27.0. The normalized spacial score (nSPS) is 17.2. The first-order valence-electron chi connectivity index (χ1n) is 14.9. The maximum Gasteiger partial charge on any atom is 0.321 e. The van der Waals surface area contributed by atoms with Crippen molar-refractivity contribution in [2.24, 2.45) is 5.92 Å². The number of ether oxygens (including phenoxy) is 2. The van der Waals surface area contributed by atoms with Gasteiger partial charge in [-0.25, -0.2) is 13.2 Å². The third kappa shape index (κ3) is 6.87. The Morgan fingerprint density at radius 1 is 1.04 bits per heavy atom.